The third-order valence-electron chi connectivity index (χ3n) is 4.42. The van der Waals surface area contributed by atoms with Crippen LogP contribution in [-0.2, 0) is 16.4 Å². The van der Waals surface area contributed by atoms with Crippen molar-refractivity contribution >= 4 is 27.5 Å². The third-order valence-corrected chi connectivity index (χ3v) is 6.20. The first kappa shape index (κ1) is 22.0. The number of amides is 3. The summed E-state index contributed by atoms with van der Waals surface area (Å²) in [5.74, 6) is -0.207. The molecule has 0 aliphatic rings. The second kappa shape index (κ2) is 9.40. The Bertz CT molecular complexity index is 1160. The largest absolute Gasteiger partial charge is 0.345 e. The number of benzene rings is 2. The van der Waals surface area contributed by atoms with Gasteiger partial charge in [0.25, 0.3) is 5.91 Å². The molecule has 1 aromatic heterocycles. The van der Waals surface area contributed by atoms with Crippen LogP contribution in [0.2, 0.25) is 0 Å². The van der Waals surface area contributed by atoms with Gasteiger partial charge in [0.2, 0.25) is 9.84 Å². The molecule has 0 aliphatic heterocycles. The van der Waals surface area contributed by atoms with Crippen LogP contribution in [0.1, 0.15) is 15.9 Å². The van der Waals surface area contributed by atoms with Crippen LogP contribution in [0.3, 0.4) is 0 Å². The van der Waals surface area contributed by atoms with Crippen molar-refractivity contribution in [3.63, 3.8) is 0 Å². The first-order chi connectivity index (χ1) is 14.8. The molecular weight excluding hydrogens is 416 g/mol. The SMILES string of the molecule is CN(C)C(=O)c1ccc(S(=O)(=O)c2ccc(NC(=O)NCc3cccnc3)cc2)cc1. The van der Waals surface area contributed by atoms with Gasteiger partial charge in [-0.05, 0) is 60.2 Å². The molecule has 0 spiro atoms. The van der Waals surface area contributed by atoms with Crippen molar-refractivity contribution in [2.75, 3.05) is 19.4 Å². The van der Waals surface area contributed by atoms with Gasteiger partial charge in [-0.2, -0.15) is 0 Å². The summed E-state index contributed by atoms with van der Waals surface area (Å²) in [7, 11) is -0.500. The maximum atomic E-state index is 12.8. The van der Waals surface area contributed by atoms with E-state index in [0.717, 1.165) is 5.56 Å². The van der Waals surface area contributed by atoms with Crippen LogP contribution in [-0.4, -0.2) is 44.3 Å². The van der Waals surface area contributed by atoms with Crippen LogP contribution in [0, 0.1) is 0 Å². The Labute approximate surface area is 180 Å². The lowest BCUT2D eigenvalue weighted by Crippen LogP contribution is -2.28. The quantitative estimate of drug-likeness (QED) is 0.615. The lowest BCUT2D eigenvalue weighted by molar-refractivity contribution is 0.0827. The fourth-order valence-electron chi connectivity index (χ4n) is 2.75. The van der Waals surface area contributed by atoms with Gasteiger partial charge in [-0.1, -0.05) is 6.07 Å². The smallest absolute Gasteiger partial charge is 0.319 e. The predicted molar refractivity (Wildman–Crippen MR) is 116 cm³/mol. The van der Waals surface area contributed by atoms with E-state index >= 15 is 0 Å². The average Bonchev–Trinajstić information content (AvgIpc) is 2.78. The molecule has 0 bridgehead atoms. The van der Waals surface area contributed by atoms with Gasteiger partial charge in [-0.25, -0.2) is 13.2 Å². The number of urea groups is 1. The highest BCUT2D eigenvalue weighted by Crippen LogP contribution is 2.23. The summed E-state index contributed by atoms with van der Waals surface area (Å²) in [5.41, 5.74) is 1.72. The van der Waals surface area contributed by atoms with Gasteiger partial charge in [0, 0.05) is 44.3 Å². The van der Waals surface area contributed by atoms with Crippen molar-refractivity contribution in [3.05, 3.63) is 84.2 Å². The Morgan fingerprint density at radius 1 is 0.935 bits per heavy atom. The van der Waals surface area contributed by atoms with Crippen molar-refractivity contribution in [2.45, 2.75) is 16.3 Å². The topological polar surface area (TPSA) is 108 Å². The number of sulfone groups is 1. The fraction of sp³-hybridized carbons (Fsp3) is 0.136. The third kappa shape index (κ3) is 5.46. The molecule has 3 aromatic rings. The van der Waals surface area contributed by atoms with Crippen molar-refractivity contribution in [3.8, 4) is 0 Å². The molecule has 8 nitrogen and oxygen atoms in total. The molecule has 0 saturated heterocycles. The molecule has 160 valence electrons. The highest BCUT2D eigenvalue weighted by Gasteiger charge is 2.18. The molecule has 0 atom stereocenters. The lowest BCUT2D eigenvalue weighted by atomic mass is 10.2. The van der Waals surface area contributed by atoms with E-state index in [1.165, 1.54) is 53.4 Å². The molecule has 9 heteroatoms. The van der Waals surface area contributed by atoms with Gasteiger partial charge in [0.15, 0.2) is 0 Å². The fourth-order valence-corrected chi connectivity index (χ4v) is 4.01. The highest BCUT2D eigenvalue weighted by atomic mass is 32.2. The summed E-state index contributed by atoms with van der Waals surface area (Å²) in [6.45, 7) is 0.318. The summed E-state index contributed by atoms with van der Waals surface area (Å²) in [4.78, 5) is 29.6. The molecule has 0 unspecified atom stereocenters. The molecule has 0 saturated carbocycles. The molecule has 1 heterocycles. The Morgan fingerprint density at radius 3 is 2.10 bits per heavy atom. The van der Waals surface area contributed by atoms with E-state index in [1.54, 1.807) is 32.6 Å². The molecular formula is C22H22N4O4S. The lowest BCUT2D eigenvalue weighted by Gasteiger charge is -2.11. The van der Waals surface area contributed by atoms with E-state index in [-0.39, 0.29) is 15.7 Å². The zero-order valence-corrected chi connectivity index (χ0v) is 17.9. The van der Waals surface area contributed by atoms with Gasteiger partial charge in [0.05, 0.1) is 9.79 Å². The maximum absolute atomic E-state index is 12.8. The Balaban J connectivity index is 1.65. The van der Waals surface area contributed by atoms with Gasteiger partial charge in [-0.3, -0.25) is 9.78 Å². The zero-order chi connectivity index (χ0) is 22.4. The van der Waals surface area contributed by atoms with Gasteiger partial charge >= 0.3 is 6.03 Å². The monoisotopic (exact) mass is 438 g/mol. The first-order valence-electron chi connectivity index (χ1n) is 9.38. The number of rotatable bonds is 6. The number of nitrogens with zero attached hydrogens (tertiary/aromatic N) is 2. The van der Waals surface area contributed by atoms with Crippen molar-refractivity contribution in [1.82, 2.24) is 15.2 Å². The number of carbonyl (C=O) groups is 2. The molecule has 3 rings (SSSR count). The van der Waals surface area contributed by atoms with Crippen LogP contribution in [0.4, 0.5) is 10.5 Å². The number of anilines is 1. The van der Waals surface area contributed by atoms with Crippen LogP contribution in [0.15, 0.2) is 82.8 Å². The molecule has 31 heavy (non-hydrogen) atoms. The number of carbonyl (C=O) groups excluding carboxylic acids is 2. The molecule has 3 amide bonds. The Morgan fingerprint density at radius 2 is 1.55 bits per heavy atom. The van der Waals surface area contributed by atoms with E-state index in [1.807, 2.05) is 6.07 Å². The second-order valence-corrected chi connectivity index (χ2v) is 8.87. The molecule has 2 aromatic carbocycles. The van der Waals surface area contributed by atoms with E-state index < -0.39 is 15.9 Å². The summed E-state index contributed by atoms with van der Waals surface area (Å²) < 4.78 is 25.7. The molecule has 0 radical (unpaired) electrons. The normalized spacial score (nSPS) is 10.9. The summed E-state index contributed by atoms with van der Waals surface area (Å²) >= 11 is 0. The minimum atomic E-state index is -3.75. The van der Waals surface area contributed by atoms with Gasteiger partial charge in [0.1, 0.15) is 0 Å². The van der Waals surface area contributed by atoms with E-state index in [9.17, 15) is 18.0 Å². The number of pyridine rings is 1. The van der Waals surface area contributed by atoms with Crippen molar-refractivity contribution in [1.29, 1.82) is 0 Å². The Kier molecular flexibility index (Phi) is 6.66. The van der Waals surface area contributed by atoms with Crippen LogP contribution in [0.5, 0.6) is 0 Å². The predicted octanol–water partition coefficient (Wildman–Crippen LogP) is 2.94. The number of aromatic nitrogens is 1. The first-order valence-corrected chi connectivity index (χ1v) is 10.9. The summed E-state index contributed by atoms with van der Waals surface area (Å²) in [5, 5.41) is 5.35. The standard InChI is InChI=1S/C22H22N4O4S/c1-26(2)21(27)17-5-9-19(10-6-17)31(29,30)20-11-7-18(8-12-20)25-22(28)24-15-16-4-3-13-23-14-16/h3-14H,15H2,1-2H3,(H2,24,25,28). The van der Waals surface area contributed by atoms with Crippen LogP contribution in [0.25, 0.3) is 0 Å². The molecule has 0 aliphatic carbocycles. The number of hydrogen-bond acceptors (Lipinski definition) is 5. The van der Waals surface area contributed by atoms with Crippen molar-refractivity contribution < 1.29 is 18.0 Å². The number of hydrogen-bond donors (Lipinski definition) is 2. The average molecular weight is 439 g/mol. The molecule has 2 N–H and O–H groups in total. The van der Waals surface area contributed by atoms with Crippen molar-refractivity contribution in [2.24, 2.45) is 0 Å². The second-order valence-electron chi connectivity index (χ2n) is 6.92. The molecule has 0 fully saturated rings. The summed E-state index contributed by atoms with van der Waals surface area (Å²) in [6.07, 6.45) is 3.31. The minimum absolute atomic E-state index is 0.0812. The van der Waals surface area contributed by atoms with E-state index in [2.05, 4.69) is 15.6 Å². The van der Waals surface area contributed by atoms with Gasteiger partial charge < -0.3 is 15.5 Å². The van der Waals surface area contributed by atoms with Crippen LogP contribution < -0.4 is 10.6 Å². The van der Waals surface area contributed by atoms with Gasteiger partial charge in [-0.15, -0.1) is 0 Å². The van der Waals surface area contributed by atoms with E-state index in [4.69, 9.17) is 0 Å². The highest BCUT2D eigenvalue weighted by molar-refractivity contribution is 7.91. The van der Waals surface area contributed by atoms with E-state index in [0.29, 0.717) is 17.8 Å². The summed E-state index contributed by atoms with van der Waals surface area (Å²) in [6, 6.07) is 14.9. The maximum Gasteiger partial charge on any atom is 0.319 e. The Hall–Kier alpha value is -3.72. The van der Waals surface area contributed by atoms with Crippen LogP contribution >= 0.6 is 0 Å². The zero-order valence-electron chi connectivity index (χ0n) is 17.1. The minimum Gasteiger partial charge on any atom is -0.345 e. The number of nitrogens with one attached hydrogen (secondary N) is 2.